The van der Waals surface area contributed by atoms with Crippen LogP contribution in [0.1, 0.15) is 112 Å². The molecule has 45 nitrogen and oxygen atoms in total. The molecule has 0 amide bonds. The number of unbranched alkanes of at least 4 members (excludes halogenated alkanes) is 2. The highest BCUT2D eigenvalue weighted by Crippen LogP contribution is 2.67. The van der Waals surface area contributed by atoms with Gasteiger partial charge < -0.3 is 91.2 Å². The van der Waals surface area contributed by atoms with Gasteiger partial charge in [-0.3, -0.25) is 43.2 Å². The summed E-state index contributed by atoms with van der Waals surface area (Å²) in [6, 6.07) is 8.66. The number of nitrogens with zero attached hydrogens (tertiary/aromatic N) is 10. The van der Waals surface area contributed by atoms with Crippen molar-refractivity contribution in [3.05, 3.63) is 91.5 Å². The molecule has 51 heteroatoms. The molecule has 0 spiro atoms. The van der Waals surface area contributed by atoms with Crippen LogP contribution in [0.4, 0.5) is 23.3 Å². The minimum absolute atomic E-state index is 0.0459. The first kappa shape index (κ1) is 80.2. The van der Waals surface area contributed by atoms with Crippen LogP contribution in [0.25, 0.3) is 22.3 Å². The second kappa shape index (κ2) is 33.8. The van der Waals surface area contributed by atoms with E-state index in [2.05, 4.69) is 79.9 Å². The maximum absolute atomic E-state index is 12.1. The molecule has 0 radical (unpaired) electrons. The second-order valence-corrected chi connectivity index (χ2v) is 29.9. The van der Waals surface area contributed by atoms with E-state index in [4.69, 9.17) is 61.5 Å². The van der Waals surface area contributed by atoms with Gasteiger partial charge in [-0.2, -0.15) is 37.2 Å². The van der Waals surface area contributed by atoms with Crippen molar-refractivity contribution in [3.8, 4) is 35.4 Å². The van der Waals surface area contributed by atoms with Crippen LogP contribution in [-0.4, -0.2) is 155 Å². The fourth-order valence-electron chi connectivity index (χ4n) is 9.41. The maximum atomic E-state index is 12.1. The van der Waals surface area contributed by atoms with E-state index in [0.717, 1.165) is 19.3 Å². The Balaban J connectivity index is 0.000000284. The Morgan fingerprint density at radius 2 is 1.04 bits per heavy atom. The van der Waals surface area contributed by atoms with Gasteiger partial charge in [-0.15, -0.1) is 0 Å². The van der Waals surface area contributed by atoms with Crippen LogP contribution in [0, 0.1) is 43.9 Å². The van der Waals surface area contributed by atoms with Gasteiger partial charge in [0.25, 0.3) is 11.4 Å². The lowest BCUT2D eigenvalue weighted by atomic mass is 10.0. The van der Waals surface area contributed by atoms with Gasteiger partial charge in [-0.25, -0.2) is 37.4 Å². The number of carbonyl (C=O) groups is 1. The number of hydrogen-bond donors (Lipinski definition) is 14. The van der Waals surface area contributed by atoms with Crippen LogP contribution in [0.2, 0.25) is 0 Å². The fraction of sp³-hybridized carbons (Fsp3) is 0.449. The number of hydrogen-bond acceptors (Lipinski definition) is 33. The smallest absolute Gasteiger partial charge is 0.468 e. The van der Waals surface area contributed by atoms with E-state index in [9.17, 15) is 82.2 Å². The summed E-state index contributed by atoms with van der Waals surface area (Å²) in [5.41, 5.74) is 23.4. The summed E-state index contributed by atoms with van der Waals surface area (Å²) < 4.78 is 119. The zero-order chi connectivity index (χ0) is 73.9. The molecule has 2 aromatic carbocycles. The maximum Gasteiger partial charge on any atom is 0.490 e. The van der Waals surface area contributed by atoms with Crippen molar-refractivity contribution >= 4 is 98.3 Å². The van der Waals surface area contributed by atoms with E-state index in [0.29, 0.717) is 30.5 Å². The van der Waals surface area contributed by atoms with E-state index in [1.807, 2.05) is 0 Å². The number of phosphoric ester groups is 2. The van der Waals surface area contributed by atoms with Gasteiger partial charge in [0.2, 0.25) is 23.7 Å². The molecule has 0 bridgehead atoms. The summed E-state index contributed by atoms with van der Waals surface area (Å²) in [7, 11) is -33.6. The molecular formula is C49H64N14O31P6. The Hall–Kier alpha value is -7.09. The molecular weight excluding hydrogens is 1470 g/mol. The number of ether oxygens (including phenoxy) is 4. The average molecular weight is 1530 g/mol. The van der Waals surface area contributed by atoms with Gasteiger partial charge in [-0.1, -0.05) is 30.1 Å². The summed E-state index contributed by atoms with van der Waals surface area (Å²) >= 11 is 0. The lowest BCUT2D eigenvalue weighted by Crippen LogP contribution is -2.26. The summed E-state index contributed by atoms with van der Waals surface area (Å²) in [5, 5.41) is 44.8. The highest BCUT2D eigenvalue weighted by molar-refractivity contribution is 7.67. The Kier molecular flexibility index (Phi) is 27.1. The standard InChI is InChI=1S/C28H38N7O16P3.C21H26N7O15P3/c1-17(20-11-10-18(13-21(20)35(38)39)7-4-5-9-19(36)8-3-2-6-12-29)48-27-25-26(32-28(30)33-27)34(16-31-25)24-14-22(37)23(49-24)15-47-53(43,44)51-54(45,46)50-52(40,41)42;1-11(13-5-4-12(3-2-6-22)7-14(13)28(30)31)40-20-18-19(25-21(23)26-20)27(10-24-18)17-8-15(29)16(41-17)9-39-45(35,36)43-46(37,38)42-44(32,33)34/h10-11,13,16-17,22-24,37H,2-3,5-6,8-9,12,14-15,29H2,1H3,(H,43,44)(H,45,46)(H2,30,32,33)(H2,40,41,42);4-5,7,10-11,15-17,29H,6,8-9,22H2,1H3,(H,35,36)(H,37,38)(H2,23,25,26)(H2,32,33,34)/t17-,22?,23+,24+;11-,15?,16+,17+/m00/s1. The number of aromatic nitrogens is 8. The molecule has 2 aliphatic rings. The molecule has 0 saturated carbocycles. The van der Waals surface area contributed by atoms with E-state index >= 15 is 0 Å². The summed E-state index contributed by atoms with van der Waals surface area (Å²) in [5.74, 6) is 10.3. The number of ketones is 1. The highest BCUT2D eigenvalue weighted by Gasteiger charge is 2.45. The van der Waals surface area contributed by atoms with Gasteiger partial charge >= 0.3 is 46.9 Å². The lowest BCUT2D eigenvalue weighted by Gasteiger charge is -2.19. The van der Waals surface area contributed by atoms with Gasteiger partial charge in [-0.05, 0) is 57.5 Å². The van der Waals surface area contributed by atoms with Gasteiger partial charge in [0.15, 0.2) is 22.3 Å². The van der Waals surface area contributed by atoms with Crippen LogP contribution < -0.4 is 32.4 Å². The number of aliphatic hydroxyl groups excluding tert-OH is 2. The monoisotopic (exact) mass is 1530 g/mol. The van der Waals surface area contributed by atoms with Crippen LogP contribution in [0.3, 0.4) is 0 Å². The molecule has 546 valence electrons. The van der Waals surface area contributed by atoms with Crippen LogP contribution in [-0.2, 0) is 67.9 Å². The third-order valence-electron chi connectivity index (χ3n) is 13.6. The predicted octanol–water partition coefficient (Wildman–Crippen LogP) is 3.43. The third-order valence-corrected chi connectivity index (χ3v) is 21.2. The predicted molar refractivity (Wildman–Crippen MR) is 337 cm³/mol. The number of fused-ring (bicyclic) bond motifs is 2. The van der Waals surface area contributed by atoms with E-state index < -0.39 is 119 Å². The zero-order valence-corrected chi connectivity index (χ0v) is 57.1. The molecule has 8 rings (SSSR count). The topological polar surface area (TPSA) is 692 Å². The number of nitro groups is 2. The number of benzene rings is 2. The zero-order valence-electron chi connectivity index (χ0n) is 51.7. The molecule has 0 aliphatic carbocycles. The van der Waals surface area contributed by atoms with Gasteiger partial charge in [0.1, 0.15) is 42.7 Å². The van der Waals surface area contributed by atoms with Crippen LogP contribution in [0.5, 0.6) is 11.8 Å². The Labute approximate surface area is 562 Å². The number of nitro benzene ring substituents is 2. The molecule has 6 heterocycles. The minimum Gasteiger partial charge on any atom is -0.468 e. The highest BCUT2D eigenvalue weighted by atomic mass is 31.3. The number of carbonyl (C=O) groups excluding carboxylic acids is 1. The fourth-order valence-corrected chi connectivity index (χ4v) is 15.5. The van der Waals surface area contributed by atoms with Crippen molar-refractivity contribution in [3.63, 3.8) is 0 Å². The van der Waals surface area contributed by atoms with Crippen LogP contribution in [0.15, 0.2) is 49.1 Å². The number of nitrogens with two attached hydrogens (primary N) is 4. The number of imidazole rings is 2. The normalized spacial score (nSPS) is 20.8. The largest absolute Gasteiger partial charge is 0.490 e. The Morgan fingerprint density at radius 3 is 1.43 bits per heavy atom. The first-order chi connectivity index (χ1) is 46.6. The van der Waals surface area contributed by atoms with E-state index in [1.165, 1.54) is 59.9 Å². The molecule has 6 aromatic rings. The lowest BCUT2D eigenvalue weighted by molar-refractivity contribution is -0.386. The van der Waals surface area contributed by atoms with Crippen LogP contribution >= 0.6 is 46.9 Å². The molecule has 2 aliphatic heterocycles. The minimum atomic E-state index is -5.76. The molecule has 2 saturated heterocycles. The van der Waals surface area contributed by atoms with Crippen molar-refractivity contribution in [1.82, 2.24) is 39.0 Å². The summed E-state index contributed by atoms with van der Waals surface area (Å²) in [4.78, 5) is 132. The first-order valence-corrected chi connectivity index (χ1v) is 37.7. The Morgan fingerprint density at radius 1 is 0.620 bits per heavy atom. The average Bonchev–Trinajstić information content (AvgIpc) is 1.60. The molecule has 18 N–H and O–H groups in total. The number of aliphatic hydroxyl groups is 2. The van der Waals surface area contributed by atoms with Crippen molar-refractivity contribution in [2.75, 3.05) is 37.8 Å². The van der Waals surface area contributed by atoms with Gasteiger partial charge in [0.05, 0.1) is 65.6 Å². The quantitative estimate of drug-likeness (QED) is 0.00974. The molecule has 100 heavy (non-hydrogen) atoms. The van der Waals surface area contributed by atoms with Crippen molar-refractivity contribution in [2.45, 2.75) is 114 Å². The van der Waals surface area contributed by atoms with Gasteiger partial charge in [0, 0.05) is 55.4 Å². The Bertz CT molecular complexity index is 4440. The molecule has 6 unspecified atom stereocenters. The second-order valence-electron chi connectivity index (χ2n) is 21.1. The number of anilines is 2. The molecule has 12 atom stereocenters. The summed E-state index contributed by atoms with van der Waals surface area (Å²) in [6.45, 7) is 1.92. The molecule has 4 aromatic heterocycles. The number of rotatable bonds is 31. The number of Topliss-reactive ketones (excluding diaryl/α,β-unsaturated/α-hetero) is 1. The first-order valence-electron chi connectivity index (χ1n) is 28.7. The number of phosphoric acid groups is 6. The third kappa shape index (κ3) is 23.2. The van der Waals surface area contributed by atoms with Crippen molar-refractivity contribution < 1.29 is 137 Å². The van der Waals surface area contributed by atoms with Crippen molar-refractivity contribution in [2.24, 2.45) is 11.5 Å². The molecule has 2 fully saturated rings. The summed E-state index contributed by atoms with van der Waals surface area (Å²) in [6.07, 6.45) is -3.68. The van der Waals surface area contributed by atoms with Crippen molar-refractivity contribution in [1.29, 1.82) is 0 Å². The SMILES string of the molecule is C[C@H](Oc1nc(N)nc2c1ncn2[C@H]1CC(O)[C@@H](COP(=O)(O)OP(=O)(O)OP(=O)(O)O)O1)c1ccc(C#CCCC(=O)CCCCCN)cc1[N+](=O)[O-].C[C@H](Oc1nc(N)nc2c1ncn2[C@H]1CC(O)[C@@H](COP(=O)(O)OP(=O)(O)OP(=O)(O)O)O1)c1ccc(C#CCN)cc1[N+](=O)[O-]. The van der Waals surface area contributed by atoms with E-state index in [-0.39, 0.29) is 100 Å². The van der Waals surface area contributed by atoms with E-state index in [1.54, 1.807) is 12.1 Å². The number of nitrogen functional groups attached to an aromatic ring is 2.